The van der Waals surface area contributed by atoms with Gasteiger partial charge in [0.05, 0.1) is 0 Å². The topological polar surface area (TPSA) is 61.0 Å². The Hall–Kier alpha value is -6.85. The highest BCUT2D eigenvalue weighted by molar-refractivity contribution is 6.15. The molecule has 2 aliphatic rings. The van der Waals surface area contributed by atoms with E-state index in [0.717, 1.165) is 71.7 Å². The summed E-state index contributed by atoms with van der Waals surface area (Å²) in [5, 5.41) is 6.56. The molecule has 244 valence electrons. The molecule has 3 heterocycles. The van der Waals surface area contributed by atoms with Crippen LogP contribution in [0.15, 0.2) is 168 Å². The van der Waals surface area contributed by atoms with Crippen molar-refractivity contribution in [3.05, 3.63) is 175 Å². The molecule has 11 rings (SSSR count). The van der Waals surface area contributed by atoms with E-state index >= 15 is 0 Å². The molecule has 2 atom stereocenters. The lowest BCUT2D eigenvalue weighted by Crippen LogP contribution is -2.17. The number of hydrogen-bond donors (Lipinski definition) is 0. The van der Waals surface area contributed by atoms with Gasteiger partial charge in [0.2, 0.25) is 0 Å². The van der Waals surface area contributed by atoms with E-state index in [1.54, 1.807) is 0 Å². The molecule has 0 N–H and O–H groups in total. The summed E-state index contributed by atoms with van der Waals surface area (Å²) < 4.78 is 13.0. The molecule has 0 saturated carbocycles. The minimum atomic E-state index is -0.111. The lowest BCUT2D eigenvalue weighted by molar-refractivity contribution is 0.269. The molecule has 1 aliphatic heterocycles. The molecule has 7 aromatic carbocycles. The fourth-order valence-electron chi connectivity index (χ4n) is 8.08. The van der Waals surface area contributed by atoms with Crippen molar-refractivity contribution >= 4 is 49.1 Å². The average Bonchev–Trinajstić information content (AvgIpc) is 3.78. The van der Waals surface area contributed by atoms with Gasteiger partial charge in [-0.2, -0.15) is 0 Å². The third-order valence-corrected chi connectivity index (χ3v) is 10.5. The molecule has 5 heteroatoms. The summed E-state index contributed by atoms with van der Waals surface area (Å²) in [5.74, 6) is 2.91. The Morgan fingerprint density at radius 2 is 1.23 bits per heavy atom. The molecular weight excluding hydrogens is 639 g/mol. The molecule has 0 fully saturated rings. The zero-order chi connectivity index (χ0) is 34.2. The molecule has 0 amide bonds. The van der Waals surface area contributed by atoms with Gasteiger partial charge >= 0.3 is 0 Å². The van der Waals surface area contributed by atoms with Crippen LogP contribution in [-0.2, 0) is 0 Å². The number of allylic oxidation sites excluding steroid dienone is 2. The standard InChI is InChI=1S/C47H29N3O2/c1-2-12-28(13-3-1)45-48-46(38-26-29-14-4-5-15-31(29)33-16-6-7-17-34(33)38)50-47(49-45)44-32(24-25-41-43(44)37-19-9-11-21-40(37)51-41)30-22-23-36-35-18-8-10-20-39(35)52-42(36)27-30/h1-27,36,42H. The smallest absolute Gasteiger partial charge is 0.165 e. The summed E-state index contributed by atoms with van der Waals surface area (Å²) in [6.07, 6.45) is 6.62. The number of fused-ring (bicyclic) bond motifs is 9. The SMILES string of the molecule is C1=CC2c3ccccc3OC2C=C1c1ccc2oc3ccccc3c2c1-c1nc(-c2ccccc2)nc(-c2cc3ccccc3c3ccccc23)n1. The van der Waals surface area contributed by atoms with Gasteiger partial charge in [-0.15, -0.1) is 0 Å². The largest absolute Gasteiger partial charge is 0.485 e. The fourth-order valence-corrected chi connectivity index (χ4v) is 8.08. The highest BCUT2D eigenvalue weighted by Gasteiger charge is 2.34. The monoisotopic (exact) mass is 667 g/mol. The fraction of sp³-hybridized carbons (Fsp3) is 0.0426. The van der Waals surface area contributed by atoms with Crippen molar-refractivity contribution in [2.75, 3.05) is 0 Å². The van der Waals surface area contributed by atoms with Gasteiger partial charge in [-0.3, -0.25) is 0 Å². The van der Waals surface area contributed by atoms with Gasteiger partial charge in [-0.25, -0.2) is 15.0 Å². The highest BCUT2D eigenvalue weighted by atomic mass is 16.5. The van der Waals surface area contributed by atoms with Crippen molar-refractivity contribution in [1.29, 1.82) is 0 Å². The van der Waals surface area contributed by atoms with Crippen LogP contribution >= 0.6 is 0 Å². The number of aromatic nitrogens is 3. The summed E-state index contributed by atoms with van der Waals surface area (Å²) in [7, 11) is 0. The molecule has 0 radical (unpaired) electrons. The number of nitrogens with zero attached hydrogens (tertiary/aromatic N) is 3. The number of furan rings is 1. The van der Waals surface area contributed by atoms with Crippen molar-refractivity contribution in [3.63, 3.8) is 0 Å². The first-order valence-electron chi connectivity index (χ1n) is 17.6. The Labute approximate surface area is 299 Å². The van der Waals surface area contributed by atoms with E-state index in [9.17, 15) is 0 Å². The van der Waals surface area contributed by atoms with Gasteiger partial charge in [-0.1, -0.05) is 127 Å². The van der Waals surface area contributed by atoms with Crippen LogP contribution in [0.2, 0.25) is 0 Å². The Kier molecular flexibility index (Phi) is 6.31. The minimum absolute atomic E-state index is 0.111. The number of para-hydroxylation sites is 2. The van der Waals surface area contributed by atoms with Gasteiger partial charge < -0.3 is 9.15 Å². The summed E-state index contributed by atoms with van der Waals surface area (Å²) >= 11 is 0. The molecule has 9 aromatic rings. The van der Waals surface area contributed by atoms with E-state index in [-0.39, 0.29) is 12.0 Å². The van der Waals surface area contributed by atoms with E-state index in [0.29, 0.717) is 17.5 Å². The van der Waals surface area contributed by atoms with Crippen LogP contribution in [0.3, 0.4) is 0 Å². The molecule has 1 aliphatic carbocycles. The first-order valence-corrected chi connectivity index (χ1v) is 17.6. The van der Waals surface area contributed by atoms with Gasteiger partial charge in [-0.05, 0) is 69.1 Å². The molecule has 5 nitrogen and oxygen atoms in total. The van der Waals surface area contributed by atoms with E-state index in [4.69, 9.17) is 24.1 Å². The first-order chi connectivity index (χ1) is 25.8. The van der Waals surface area contributed by atoms with E-state index in [1.165, 1.54) is 10.9 Å². The molecule has 0 saturated heterocycles. The molecule has 0 bridgehead atoms. The normalized spacial score (nSPS) is 16.3. The number of rotatable bonds is 4. The predicted molar refractivity (Wildman–Crippen MR) is 209 cm³/mol. The van der Waals surface area contributed by atoms with Crippen LogP contribution in [0.1, 0.15) is 17.0 Å². The van der Waals surface area contributed by atoms with E-state index in [2.05, 4.69) is 127 Å². The van der Waals surface area contributed by atoms with E-state index in [1.807, 2.05) is 36.4 Å². The number of ether oxygens (including phenoxy) is 1. The Balaban J connectivity index is 1.20. The quantitative estimate of drug-likeness (QED) is 0.175. The van der Waals surface area contributed by atoms with E-state index < -0.39 is 0 Å². The summed E-state index contributed by atoms with van der Waals surface area (Å²) in [6.45, 7) is 0. The third-order valence-electron chi connectivity index (χ3n) is 10.5. The van der Waals surface area contributed by atoms with Crippen molar-refractivity contribution in [3.8, 4) is 39.9 Å². The Bertz CT molecular complexity index is 2960. The van der Waals surface area contributed by atoms with Crippen molar-refractivity contribution in [2.45, 2.75) is 12.0 Å². The number of hydrogen-bond acceptors (Lipinski definition) is 5. The zero-order valence-corrected chi connectivity index (χ0v) is 27.9. The summed E-state index contributed by atoms with van der Waals surface area (Å²) in [6, 6.07) is 50.1. The second kappa shape index (κ2) is 11.3. The van der Waals surface area contributed by atoms with Gasteiger partial charge in [0, 0.05) is 38.9 Å². The second-order valence-electron chi connectivity index (χ2n) is 13.4. The van der Waals surface area contributed by atoms with Crippen LogP contribution in [0.25, 0.3) is 83.2 Å². The van der Waals surface area contributed by atoms with Crippen LogP contribution in [0.4, 0.5) is 0 Å². The second-order valence-corrected chi connectivity index (χ2v) is 13.4. The van der Waals surface area contributed by atoms with Gasteiger partial charge in [0.25, 0.3) is 0 Å². The van der Waals surface area contributed by atoms with Gasteiger partial charge in [0.15, 0.2) is 17.5 Å². The van der Waals surface area contributed by atoms with Crippen LogP contribution in [0, 0.1) is 0 Å². The highest BCUT2D eigenvalue weighted by Crippen LogP contribution is 2.46. The predicted octanol–water partition coefficient (Wildman–Crippen LogP) is 11.6. The summed E-state index contributed by atoms with van der Waals surface area (Å²) in [5.41, 5.74) is 7.64. The molecule has 52 heavy (non-hydrogen) atoms. The molecule has 2 unspecified atom stereocenters. The molecular formula is C47H29N3O2. The maximum atomic E-state index is 6.49. The van der Waals surface area contributed by atoms with Gasteiger partial charge in [0.1, 0.15) is 23.0 Å². The molecule has 2 aromatic heterocycles. The Morgan fingerprint density at radius 1 is 0.519 bits per heavy atom. The average molecular weight is 668 g/mol. The third kappa shape index (κ3) is 4.46. The Morgan fingerprint density at radius 3 is 2.13 bits per heavy atom. The minimum Gasteiger partial charge on any atom is -0.485 e. The van der Waals surface area contributed by atoms with Crippen LogP contribution in [0.5, 0.6) is 5.75 Å². The molecule has 0 spiro atoms. The zero-order valence-electron chi connectivity index (χ0n) is 27.9. The van der Waals surface area contributed by atoms with Crippen molar-refractivity contribution in [2.24, 2.45) is 0 Å². The van der Waals surface area contributed by atoms with Crippen LogP contribution in [-0.4, -0.2) is 21.1 Å². The number of benzene rings is 7. The van der Waals surface area contributed by atoms with Crippen LogP contribution < -0.4 is 4.74 Å². The lowest BCUT2D eigenvalue weighted by Gasteiger charge is -2.21. The van der Waals surface area contributed by atoms with Crippen molar-refractivity contribution in [1.82, 2.24) is 15.0 Å². The van der Waals surface area contributed by atoms with Crippen molar-refractivity contribution < 1.29 is 9.15 Å². The lowest BCUT2D eigenvalue weighted by atomic mass is 9.85. The summed E-state index contributed by atoms with van der Waals surface area (Å²) in [4.78, 5) is 15.9. The maximum Gasteiger partial charge on any atom is 0.165 e. The maximum absolute atomic E-state index is 6.49. The first kappa shape index (κ1) is 28.9.